The van der Waals surface area contributed by atoms with Gasteiger partial charge in [-0.05, 0) is 30.7 Å². The average molecular weight is 356 g/mol. The summed E-state index contributed by atoms with van der Waals surface area (Å²) in [6.07, 6.45) is 0. The number of aryl methyl sites for hydroxylation is 1. The molecule has 0 aliphatic carbocycles. The van der Waals surface area contributed by atoms with E-state index in [1.165, 1.54) is 27.3 Å². The number of fused-ring (bicyclic) bond motifs is 3. The number of benzene rings is 3. The summed E-state index contributed by atoms with van der Waals surface area (Å²) in [6.45, 7) is 2.14. The zero-order valence-electron chi connectivity index (χ0n) is 14.7. The molecule has 3 aromatic rings. The van der Waals surface area contributed by atoms with E-state index in [0.717, 1.165) is 11.4 Å². The molecule has 3 aromatic carbocycles. The van der Waals surface area contributed by atoms with Crippen LogP contribution < -0.4 is 5.01 Å². The van der Waals surface area contributed by atoms with Gasteiger partial charge in [0, 0.05) is 22.1 Å². The van der Waals surface area contributed by atoms with Crippen LogP contribution in [0.5, 0.6) is 0 Å². The smallest absolute Gasteiger partial charge is 0.0868 e. The van der Waals surface area contributed by atoms with Crippen LogP contribution in [-0.2, 0) is 0 Å². The zero-order valence-corrected chi connectivity index (χ0v) is 15.5. The molecule has 2 nitrogen and oxygen atoms in total. The van der Waals surface area contributed by atoms with Gasteiger partial charge in [-0.1, -0.05) is 66.2 Å². The molecule has 0 N–H and O–H groups in total. The molecule has 0 bridgehead atoms. The lowest BCUT2D eigenvalue weighted by Gasteiger charge is -2.30. The van der Waals surface area contributed by atoms with Gasteiger partial charge in [-0.3, -0.25) is 5.01 Å². The number of rotatable bonds is 2. The maximum Gasteiger partial charge on any atom is 0.0868 e. The van der Waals surface area contributed by atoms with Crippen molar-refractivity contribution in [2.45, 2.75) is 17.9 Å². The Morgan fingerprint density at radius 3 is 2.42 bits per heavy atom. The Morgan fingerprint density at radius 2 is 1.62 bits per heavy atom. The second kappa shape index (κ2) is 6.33. The van der Waals surface area contributed by atoms with E-state index in [1.807, 2.05) is 11.8 Å². The molecule has 5 rings (SSSR count). The molecule has 128 valence electrons. The standard InChI is InChI=1S/C23H20N2S/c1-16-11-13-17(14-12-16)23-20-15-26-21-10-6-5-9-19(21)22(20)24-25(23)18-7-3-2-4-8-18/h2-14,20,23H,15H2,1H3/t20-,23+/m1/s1. The second-order valence-electron chi connectivity index (χ2n) is 6.93. The van der Waals surface area contributed by atoms with Crippen LogP contribution >= 0.6 is 11.8 Å². The van der Waals surface area contributed by atoms with Gasteiger partial charge in [-0.2, -0.15) is 5.10 Å². The highest BCUT2D eigenvalue weighted by Crippen LogP contribution is 2.46. The Labute approximate surface area is 158 Å². The summed E-state index contributed by atoms with van der Waals surface area (Å²) in [4.78, 5) is 1.35. The molecule has 2 aliphatic heterocycles. The number of hydrazone groups is 1. The maximum atomic E-state index is 5.14. The summed E-state index contributed by atoms with van der Waals surface area (Å²) < 4.78 is 0. The molecular weight excluding hydrogens is 336 g/mol. The van der Waals surface area contributed by atoms with E-state index >= 15 is 0 Å². The summed E-state index contributed by atoms with van der Waals surface area (Å²) in [6, 6.07) is 28.4. The van der Waals surface area contributed by atoms with Crippen molar-refractivity contribution in [2.75, 3.05) is 10.8 Å². The molecule has 2 heterocycles. The quantitative estimate of drug-likeness (QED) is 0.587. The summed E-state index contributed by atoms with van der Waals surface area (Å²) in [5.41, 5.74) is 6.31. The molecule has 0 unspecified atom stereocenters. The van der Waals surface area contributed by atoms with Crippen molar-refractivity contribution in [1.29, 1.82) is 0 Å². The van der Waals surface area contributed by atoms with Gasteiger partial charge in [0.05, 0.1) is 17.4 Å². The number of anilines is 1. The van der Waals surface area contributed by atoms with Crippen LogP contribution in [0.2, 0.25) is 0 Å². The Hall–Kier alpha value is -2.52. The van der Waals surface area contributed by atoms with E-state index in [9.17, 15) is 0 Å². The van der Waals surface area contributed by atoms with Crippen molar-refractivity contribution in [2.24, 2.45) is 11.0 Å². The van der Waals surface area contributed by atoms with Crippen molar-refractivity contribution >= 4 is 23.2 Å². The fraction of sp³-hybridized carbons (Fsp3) is 0.174. The van der Waals surface area contributed by atoms with Crippen LogP contribution in [0.3, 0.4) is 0 Å². The van der Waals surface area contributed by atoms with Crippen LogP contribution in [0.15, 0.2) is 88.9 Å². The predicted molar refractivity (Wildman–Crippen MR) is 110 cm³/mol. The monoisotopic (exact) mass is 356 g/mol. The van der Waals surface area contributed by atoms with Gasteiger partial charge in [0.2, 0.25) is 0 Å². The zero-order chi connectivity index (χ0) is 17.5. The molecule has 26 heavy (non-hydrogen) atoms. The minimum atomic E-state index is 0.244. The predicted octanol–water partition coefficient (Wildman–Crippen LogP) is 5.68. The fourth-order valence-corrected chi connectivity index (χ4v) is 5.12. The van der Waals surface area contributed by atoms with Gasteiger partial charge in [0.25, 0.3) is 0 Å². The molecule has 3 heteroatoms. The lowest BCUT2D eigenvalue weighted by molar-refractivity contribution is 0.593. The normalized spacial score (nSPS) is 21.1. The van der Waals surface area contributed by atoms with Crippen LogP contribution in [0.4, 0.5) is 5.69 Å². The number of para-hydroxylation sites is 1. The second-order valence-corrected chi connectivity index (χ2v) is 8.00. The highest BCUT2D eigenvalue weighted by atomic mass is 32.2. The maximum absolute atomic E-state index is 5.14. The van der Waals surface area contributed by atoms with Crippen molar-refractivity contribution in [3.63, 3.8) is 0 Å². The average Bonchev–Trinajstić information content (AvgIpc) is 3.09. The molecule has 0 amide bonds. The largest absolute Gasteiger partial charge is 0.257 e. The SMILES string of the molecule is Cc1ccc([C@H]2[C@@H]3CSc4ccccc4C3=NN2c2ccccc2)cc1. The highest BCUT2D eigenvalue weighted by molar-refractivity contribution is 7.99. The van der Waals surface area contributed by atoms with Gasteiger partial charge in [-0.15, -0.1) is 11.8 Å². The third-order valence-corrected chi connectivity index (χ3v) is 6.43. The first-order valence-electron chi connectivity index (χ1n) is 9.03. The third-order valence-electron chi connectivity index (χ3n) is 5.23. The number of thioether (sulfide) groups is 1. The Bertz CT molecular complexity index is 963. The van der Waals surface area contributed by atoms with Crippen LogP contribution in [0.25, 0.3) is 0 Å². The molecule has 2 aliphatic rings. The van der Waals surface area contributed by atoms with Gasteiger partial charge in [0.1, 0.15) is 0 Å². The summed E-state index contributed by atoms with van der Waals surface area (Å²) in [5, 5.41) is 7.37. The van der Waals surface area contributed by atoms with Crippen molar-refractivity contribution < 1.29 is 0 Å². The van der Waals surface area contributed by atoms with Gasteiger partial charge in [0.15, 0.2) is 0 Å². The number of hydrogen-bond acceptors (Lipinski definition) is 3. The van der Waals surface area contributed by atoms with E-state index in [2.05, 4.69) is 90.8 Å². The Morgan fingerprint density at radius 1 is 0.885 bits per heavy atom. The minimum absolute atomic E-state index is 0.244. The third kappa shape index (κ3) is 2.55. The van der Waals surface area contributed by atoms with E-state index in [4.69, 9.17) is 5.10 Å². The molecule has 0 saturated carbocycles. The van der Waals surface area contributed by atoms with Crippen molar-refractivity contribution in [1.82, 2.24) is 0 Å². The van der Waals surface area contributed by atoms with Crippen LogP contribution in [-0.4, -0.2) is 11.5 Å². The molecule has 2 atom stereocenters. The van der Waals surface area contributed by atoms with Crippen LogP contribution in [0.1, 0.15) is 22.7 Å². The molecule has 0 spiro atoms. The molecule has 0 fully saturated rings. The van der Waals surface area contributed by atoms with E-state index in [0.29, 0.717) is 5.92 Å². The van der Waals surface area contributed by atoms with Crippen molar-refractivity contribution in [3.8, 4) is 0 Å². The molecule has 0 radical (unpaired) electrons. The first-order valence-corrected chi connectivity index (χ1v) is 10.0. The summed E-state index contributed by atoms with van der Waals surface area (Å²) in [5.74, 6) is 1.47. The number of hydrogen-bond donors (Lipinski definition) is 0. The topological polar surface area (TPSA) is 15.6 Å². The van der Waals surface area contributed by atoms with E-state index < -0.39 is 0 Å². The van der Waals surface area contributed by atoms with Crippen molar-refractivity contribution in [3.05, 3.63) is 95.6 Å². The Balaban J connectivity index is 1.65. The Kier molecular flexibility index (Phi) is 3.83. The first-order chi connectivity index (χ1) is 12.8. The molecule has 0 aromatic heterocycles. The van der Waals surface area contributed by atoms with E-state index in [-0.39, 0.29) is 6.04 Å². The van der Waals surface area contributed by atoms with Gasteiger partial charge in [-0.25, -0.2) is 0 Å². The number of nitrogens with zero attached hydrogens (tertiary/aromatic N) is 2. The minimum Gasteiger partial charge on any atom is -0.257 e. The molecular formula is C23H20N2S. The molecule has 0 saturated heterocycles. The lowest BCUT2D eigenvalue weighted by Crippen LogP contribution is -2.29. The van der Waals surface area contributed by atoms with Gasteiger partial charge >= 0.3 is 0 Å². The highest BCUT2D eigenvalue weighted by Gasteiger charge is 2.42. The van der Waals surface area contributed by atoms with E-state index in [1.54, 1.807) is 0 Å². The lowest BCUT2D eigenvalue weighted by atomic mass is 9.87. The fourth-order valence-electron chi connectivity index (χ4n) is 3.92. The summed E-state index contributed by atoms with van der Waals surface area (Å²) in [7, 11) is 0. The van der Waals surface area contributed by atoms with Gasteiger partial charge < -0.3 is 0 Å². The first kappa shape index (κ1) is 15.7. The van der Waals surface area contributed by atoms with Crippen LogP contribution in [0, 0.1) is 12.8 Å². The summed E-state index contributed by atoms with van der Waals surface area (Å²) >= 11 is 1.96.